The molecule has 0 spiro atoms. The summed E-state index contributed by atoms with van der Waals surface area (Å²) in [6, 6.07) is 26.1. The summed E-state index contributed by atoms with van der Waals surface area (Å²) in [5, 5.41) is 0. The summed E-state index contributed by atoms with van der Waals surface area (Å²) in [5.41, 5.74) is 1.56. The van der Waals surface area contributed by atoms with Gasteiger partial charge in [0.05, 0.1) is 0 Å². The van der Waals surface area contributed by atoms with E-state index in [1.165, 1.54) is 3.27 Å². The Morgan fingerprint density at radius 1 is 0.600 bits per heavy atom. The third-order valence-electron chi connectivity index (χ3n) is 4.06. The number of hydrogen-bond donors (Lipinski definition) is 0. The fourth-order valence-corrected chi connectivity index (χ4v) is 13.4. The molecule has 0 saturated carbocycles. The molecule has 25 heavy (non-hydrogen) atoms. The van der Waals surface area contributed by atoms with E-state index >= 15 is 0 Å². The Morgan fingerprint density at radius 2 is 1.00 bits per heavy atom. The van der Waals surface area contributed by atoms with Gasteiger partial charge in [0.2, 0.25) is 0 Å². The second-order valence-corrected chi connectivity index (χ2v) is 14.2. The van der Waals surface area contributed by atoms with Crippen LogP contribution in [0, 0.1) is 0 Å². The summed E-state index contributed by atoms with van der Waals surface area (Å²) < 4.78 is 3.52. The molecule has 3 aromatic carbocycles. The zero-order chi connectivity index (χ0) is 17.8. The fraction of sp³-hybridized carbons (Fsp3) is 0.0909. The van der Waals surface area contributed by atoms with Gasteiger partial charge in [-0.05, 0) is 0 Å². The van der Waals surface area contributed by atoms with Crippen molar-refractivity contribution in [3.05, 3.63) is 90.0 Å². The van der Waals surface area contributed by atoms with Crippen molar-refractivity contribution < 1.29 is 9.59 Å². The third kappa shape index (κ3) is 3.77. The quantitative estimate of drug-likeness (QED) is 0.380. The van der Waals surface area contributed by atoms with Gasteiger partial charge in [0.15, 0.2) is 0 Å². The molecule has 0 atom stereocenters. The van der Waals surface area contributed by atoms with E-state index in [4.69, 9.17) is 0 Å². The van der Waals surface area contributed by atoms with Crippen molar-refractivity contribution in [2.24, 2.45) is 0 Å². The van der Waals surface area contributed by atoms with Gasteiger partial charge in [-0.3, -0.25) is 0 Å². The molecule has 0 aromatic heterocycles. The van der Waals surface area contributed by atoms with Crippen LogP contribution in [-0.2, 0) is 0 Å². The van der Waals surface area contributed by atoms with Crippen molar-refractivity contribution in [3.8, 4) is 0 Å². The summed E-state index contributed by atoms with van der Waals surface area (Å²) in [5.74, 6) is 0.152. The molecule has 3 aromatic rings. The van der Waals surface area contributed by atoms with Crippen LogP contribution >= 0.6 is 0 Å². The summed E-state index contributed by atoms with van der Waals surface area (Å²) in [6.07, 6.45) is 0. The molecule has 0 radical (unpaired) electrons. The third-order valence-corrected chi connectivity index (χ3v) is 14.0. The zero-order valence-electron chi connectivity index (χ0n) is 14.3. The second kappa shape index (κ2) is 7.84. The molecule has 0 saturated heterocycles. The fourth-order valence-electron chi connectivity index (χ4n) is 2.92. The van der Waals surface area contributed by atoms with Gasteiger partial charge in [-0.1, -0.05) is 0 Å². The standard InChI is InChI=1S/2C8H7O.C6H5.Bi/c2*1-7(9)8-5-3-2-4-6-8;1-2-4-6-5-3-1;/h2*2-5H,1H3;1-5H;. The van der Waals surface area contributed by atoms with E-state index in [-0.39, 0.29) is 11.6 Å². The normalized spacial score (nSPS) is 10.7. The Kier molecular flexibility index (Phi) is 5.55. The summed E-state index contributed by atoms with van der Waals surface area (Å²) in [6.45, 7) is 3.23. The van der Waals surface area contributed by atoms with Crippen molar-refractivity contribution in [1.29, 1.82) is 0 Å². The number of Topliss-reactive ketones (excluding diaryl/α,β-unsaturated/α-hetero) is 2. The van der Waals surface area contributed by atoms with Crippen LogP contribution in [0.4, 0.5) is 0 Å². The predicted molar refractivity (Wildman–Crippen MR) is 104 cm³/mol. The predicted octanol–water partition coefficient (Wildman–Crippen LogP) is 2.61. The van der Waals surface area contributed by atoms with Crippen molar-refractivity contribution in [1.82, 2.24) is 0 Å². The monoisotopic (exact) mass is 524 g/mol. The average molecular weight is 524 g/mol. The molecule has 0 heterocycles. The van der Waals surface area contributed by atoms with Crippen molar-refractivity contribution in [3.63, 3.8) is 0 Å². The zero-order valence-corrected chi connectivity index (χ0v) is 17.7. The Labute approximate surface area is 156 Å². The first-order valence-electron chi connectivity index (χ1n) is 8.14. The van der Waals surface area contributed by atoms with Gasteiger partial charge in [-0.2, -0.15) is 0 Å². The summed E-state index contributed by atoms with van der Waals surface area (Å²) in [4.78, 5) is 24.4. The number of carbonyl (C=O) groups is 2. The summed E-state index contributed by atoms with van der Waals surface area (Å²) in [7, 11) is 0. The van der Waals surface area contributed by atoms with E-state index < -0.39 is 21.8 Å². The van der Waals surface area contributed by atoms with E-state index in [2.05, 4.69) is 24.3 Å². The minimum atomic E-state index is -2.77. The average Bonchev–Trinajstić information content (AvgIpc) is 2.63. The van der Waals surface area contributed by atoms with Crippen molar-refractivity contribution >= 4 is 43.1 Å². The molecule has 0 aliphatic heterocycles. The van der Waals surface area contributed by atoms with Crippen LogP contribution in [0.15, 0.2) is 78.9 Å². The Bertz CT molecular complexity index is 859. The maximum atomic E-state index is 12.2. The van der Waals surface area contributed by atoms with Gasteiger partial charge in [-0.25, -0.2) is 0 Å². The van der Waals surface area contributed by atoms with Gasteiger partial charge < -0.3 is 0 Å². The minimum absolute atomic E-state index is 0.0758. The molecule has 0 bridgehead atoms. The van der Waals surface area contributed by atoms with Crippen LogP contribution in [0.2, 0.25) is 0 Å². The maximum absolute atomic E-state index is 12.2. The van der Waals surface area contributed by atoms with Crippen LogP contribution in [0.25, 0.3) is 0 Å². The van der Waals surface area contributed by atoms with Gasteiger partial charge in [0.1, 0.15) is 0 Å². The van der Waals surface area contributed by atoms with Gasteiger partial charge in [0, 0.05) is 0 Å². The molecule has 124 valence electrons. The molecular weight excluding hydrogens is 505 g/mol. The van der Waals surface area contributed by atoms with Crippen LogP contribution in [0.1, 0.15) is 34.6 Å². The summed E-state index contributed by atoms with van der Waals surface area (Å²) >= 11 is -2.77. The first kappa shape index (κ1) is 17.7. The van der Waals surface area contributed by atoms with Crippen molar-refractivity contribution in [2.45, 2.75) is 13.8 Å². The first-order chi connectivity index (χ1) is 12.1. The van der Waals surface area contributed by atoms with Crippen LogP contribution in [0.5, 0.6) is 0 Å². The number of carbonyl (C=O) groups excluding carboxylic acids is 2. The second-order valence-electron chi connectivity index (χ2n) is 5.82. The van der Waals surface area contributed by atoms with Crippen LogP contribution in [-0.4, -0.2) is 33.3 Å². The SMILES string of the molecule is CC(=O)c1cccc[c]1[Bi]([c]1ccccc1)[c]1ccccc1C(C)=O. The number of benzene rings is 3. The Hall–Kier alpha value is -2.12. The van der Waals surface area contributed by atoms with E-state index in [0.717, 1.165) is 17.7 Å². The van der Waals surface area contributed by atoms with Gasteiger partial charge in [-0.15, -0.1) is 0 Å². The van der Waals surface area contributed by atoms with Crippen molar-refractivity contribution in [2.75, 3.05) is 0 Å². The molecule has 0 aliphatic carbocycles. The van der Waals surface area contributed by atoms with E-state index in [0.29, 0.717) is 0 Å². The Morgan fingerprint density at radius 3 is 1.44 bits per heavy atom. The van der Waals surface area contributed by atoms with Gasteiger partial charge in [0.25, 0.3) is 0 Å². The molecule has 2 nitrogen and oxygen atoms in total. The molecule has 0 N–H and O–H groups in total. The van der Waals surface area contributed by atoms with Crippen LogP contribution < -0.4 is 9.81 Å². The topological polar surface area (TPSA) is 34.1 Å². The number of hydrogen-bond acceptors (Lipinski definition) is 2. The molecule has 3 rings (SSSR count). The number of rotatable bonds is 5. The molecule has 0 unspecified atom stereocenters. The Balaban J connectivity index is 2.30. The first-order valence-corrected chi connectivity index (χ1v) is 13.4. The van der Waals surface area contributed by atoms with E-state index in [9.17, 15) is 9.59 Å². The molecule has 0 fully saturated rings. The number of ketones is 2. The van der Waals surface area contributed by atoms with E-state index in [1.807, 2.05) is 54.6 Å². The van der Waals surface area contributed by atoms with E-state index in [1.54, 1.807) is 13.8 Å². The van der Waals surface area contributed by atoms with Crippen LogP contribution in [0.3, 0.4) is 0 Å². The molecule has 0 aliphatic rings. The molecule has 3 heteroatoms. The van der Waals surface area contributed by atoms with Gasteiger partial charge >= 0.3 is 157 Å². The molecule has 0 amide bonds. The molecular formula is C22H19BiO2.